The van der Waals surface area contributed by atoms with Crippen molar-refractivity contribution in [1.29, 1.82) is 0 Å². The fourth-order valence-corrected chi connectivity index (χ4v) is 2.95. The fourth-order valence-electron chi connectivity index (χ4n) is 2.95. The van der Waals surface area contributed by atoms with E-state index in [1.807, 2.05) is 31.2 Å². The van der Waals surface area contributed by atoms with Crippen molar-refractivity contribution in [2.45, 2.75) is 58.8 Å². The van der Waals surface area contributed by atoms with E-state index >= 15 is 0 Å². The van der Waals surface area contributed by atoms with Crippen molar-refractivity contribution in [3.8, 4) is 5.75 Å². The molecule has 1 aromatic carbocycles. The second-order valence-electron chi connectivity index (χ2n) is 6.10. The van der Waals surface area contributed by atoms with Crippen LogP contribution in [0.4, 0.5) is 5.69 Å². The second-order valence-corrected chi connectivity index (χ2v) is 6.10. The summed E-state index contributed by atoms with van der Waals surface area (Å²) in [5, 5.41) is 9.76. The molecule has 3 unspecified atom stereocenters. The van der Waals surface area contributed by atoms with Gasteiger partial charge >= 0.3 is 0 Å². The SMILES string of the molecule is CCCCCC1C(=O)NC(Nc2ccc(OCC)cc2)NC1C. The lowest BCUT2D eigenvalue weighted by molar-refractivity contribution is -0.129. The highest BCUT2D eigenvalue weighted by Gasteiger charge is 2.32. The maximum atomic E-state index is 12.3. The zero-order valence-corrected chi connectivity index (χ0v) is 14.4. The molecule has 128 valence electrons. The van der Waals surface area contributed by atoms with Gasteiger partial charge in [0.05, 0.1) is 12.5 Å². The number of unbranched alkanes of at least 4 members (excludes halogenated alkanes) is 2. The zero-order valence-electron chi connectivity index (χ0n) is 14.4. The lowest BCUT2D eigenvalue weighted by Gasteiger charge is -2.36. The molecule has 1 amide bonds. The topological polar surface area (TPSA) is 62.4 Å². The first-order valence-corrected chi connectivity index (χ1v) is 8.69. The molecular formula is C18H29N3O2. The summed E-state index contributed by atoms with van der Waals surface area (Å²) in [6, 6.07) is 7.93. The third-order valence-corrected chi connectivity index (χ3v) is 4.25. The number of rotatable bonds is 8. The highest BCUT2D eigenvalue weighted by Crippen LogP contribution is 2.20. The fraction of sp³-hybridized carbons (Fsp3) is 0.611. The van der Waals surface area contributed by atoms with Crippen LogP contribution < -0.4 is 20.7 Å². The first-order chi connectivity index (χ1) is 11.1. The van der Waals surface area contributed by atoms with Gasteiger partial charge in [-0.1, -0.05) is 26.2 Å². The van der Waals surface area contributed by atoms with Crippen molar-refractivity contribution in [2.75, 3.05) is 11.9 Å². The molecular weight excluding hydrogens is 290 g/mol. The molecule has 1 aromatic rings. The van der Waals surface area contributed by atoms with E-state index in [4.69, 9.17) is 4.74 Å². The Labute approximate surface area is 139 Å². The number of nitrogens with one attached hydrogen (secondary N) is 3. The number of carbonyl (C=O) groups excluding carboxylic acids is 1. The Morgan fingerprint density at radius 3 is 2.52 bits per heavy atom. The van der Waals surface area contributed by atoms with Crippen molar-refractivity contribution in [1.82, 2.24) is 10.6 Å². The van der Waals surface area contributed by atoms with Crippen LogP contribution in [-0.4, -0.2) is 24.8 Å². The summed E-state index contributed by atoms with van der Waals surface area (Å²) in [5.41, 5.74) is 0.947. The number of amides is 1. The van der Waals surface area contributed by atoms with Gasteiger partial charge < -0.3 is 15.4 Å². The Morgan fingerprint density at radius 2 is 1.91 bits per heavy atom. The van der Waals surface area contributed by atoms with E-state index in [2.05, 4.69) is 29.8 Å². The van der Waals surface area contributed by atoms with Crippen LogP contribution in [0.1, 0.15) is 46.5 Å². The molecule has 0 aromatic heterocycles. The molecule has 1 fully saturated rings. The van der Waals surface area contributed by atoms with E-state index in [0.29, 0.717) is 6.61 Å². The Kier molecular flexibility index (Phi) is 6.71. The van der Waals surface area contributed by atoms with Crippen LogP contribution in [0.3, 0.4) is 0 Å². The summed E-state index contributed by atoms with van der Waals surface area (Å²) in [7, 11) is 0. The summed E-state index contributed by atoms with van der Waals surface area (Å²) in [4.78, 5) is 12.3. The van der Waals surface area contributed by atoms with Crippen molar-refractivity contribution >= 4 is 11.6 Å². The Bertz CT molecular complexity index is 490. The van der Waals surface area contributed by atoms with Gasteiger partial charge in [-0.3, -0.25) is 10.1 Å². The minimum atomic E-state index is -0.238. The maximum absolute atomic E-state index is 12.3. The van der Waals surface area contributed by atoms with Crippen molar-refractivity contribution in [3.05, 3.63) is 24.3 Å². The summed E-state index contributed by atoms with van der Waals surface area (Å²) < 4.78 is 5.43. The molecule has 0 radical (unpaired) electrons. The number of carbonyl (C=O) groups is 1. The van der Waals surface area contributed by atoms with Crippen LogP contribution in [0.2, 0.25) is 0 Å². The monoisotopic (exact) mass is 319 g/mol. The third kappa shape index (κ3) is 5.13. The minimum Gasteiger partial charge on any atom is -0.494 e. The number of hydrogen-bond acceptors (Lipinski definition) is 4. The molecule has 0 saturated carbocycles. The van der Waals surface area contributed by atoms with E-state index in [1.54, 1.807) is 0 Å². The van der Waals surface area contributed by atoms with Crippen LogP contribution in [0.15, 0.2) is 24.3 Å². The first kappa shape index (κ1) is 17.6. The molecule has 1 aliphatic heterocycles. The number of hydrogen-bond donors (Lipinski definition) is 3. The lowest BCUT2D eigenvalue weighted by Crippen LogP contribution is -2.63. The first-order valence-electron chi connectivity index (χ1n) is 8.69. The summed E-state index contributed by atoms with van der Waals surface area (Å²) >= 11 is 0. The molecule has 1 heterocycles. The van der Waals surface area contributed by atoms with Gasteiger partial charge in [-0.05, 0) is 44.5 Å². The van der Waals surface area contributed by atoms with Gasteiger partial charge in [0.15, 0.2) is 6.29 Å². The van der Waals surface area contributed by atoms with E-state index in [1.165, 1.54) is 12.8 Å². The Balaban J connectivity index is 1.87. The predicted molar refractivity (Wildman–Crippen MR) is 93.4 cm³/mol. The Hall–Kier alpha value is -1.75. The minimum absolute atomic E-state index is 0.0555. The molecule has 0 spiro atoms. The van der Waals surface area contributed by atoms with Gasteiger partial charge in [0.2, 0.25) is 5.91 Å². The second kappa shape index (κ2) is 8.77. The standard InChI is InChI=1S/C18H29N3O2/c1-4-6-7-8-16-13(3)19-18(21-17(16)22)20-14-9-11-15(12-10-14)23-5-2/h9-13,16,18-20H,4-8H2,1-3H3,(H,21,22). The largest absolute Gasteiger partial charge is 0.494 e. The molecule has 5 heteroatoms. The average molecular weight is 319 g/mol. The van der Waals surface area contributed by atoms with Crippen LogP contribution in [0, 0.1) is 5.92 Å². The molecule has 2 rings (SSSR count). The van der Waals surface area contributed by atoms with Crippen LogP contribution in [-0.2, 0) is 4.79 Å². The summed E-state index contributed by atoms with van der Waals surface area (Å²) in [6.45, 7) is 6.89. The molecule has 1 aliphatic rings. The average Bonchev–Trinajstić information content (AvgIpc) is 2.52. The Morgan fingerprint density at radius 1 is 1.17 bits per heavy atom. The van der Waals surface area contributed by atoms with Gasteiger partial charge in [-0.25, -0.2) is 0 Å². The van der Waals surface area contributed by atoms with E-state index < -0.39 is 0 Å². The molecule has 1 saturated heterocycles. The molecule has 23 heavy (non-hydrogen) atoms. The number of benzene rings is 1. The highest BCUT2D eigenvalue weighted by atomic mass is 16.5. The van der Waals surface area contributed by atoms with Gasteiger partial charge in [0, 0.05) is 11.7 Å². The van der Waals surface area contributed by atoms with Gasteiger partial charge in [0.25, 0.3) is 0 Å². The maximum Gasteiger partial charge on any atom is 0.227 e. The lowest BCUT2D eigenvalue weighted by atomic mass is 9.92. The van der Waals surface area contributed by atoms with Gasteiger partial charge in [-0.15, -0.1) is 0 Å². The van der Waals surface area contributed by atoms with Gasteiger partial charge in [-0.2, -0.15) is 0 Å². The van der Waals surface area contributed by atoms with E-state index in [0.717, 1.165) is 24.3 Å². The van der Waals surface area contributed by atoms with Gasteiger partial charge in [0.1, 0.15) is 5.75 Å². The normalized spacial score (nSPS) is 24.1. The van der Waals surface area contributed by atoms with E-state index in [-0.39, 0.29) is 24.2 Å². The quantitative estimate of drug-likeness (QED) is 0.644. The number of ether oxygens (including phenoxy) is 1. The molecule has 5 nitrogen and oxygen atoms in total. The number of anilines is 1. The van der Waals surface area contributed by atoms with Crippen LogP contribution in [0.5, 0.6) is 5.75 Å². The summed E-state index contributed by atoms with van der Waals surface area (Å²) in [6.07, 6.45) is 4.18. The van der Waals surface area contributed by atoms with Crippen molar-refractivity contribution in [2.24, 2.45) is 5.92 Å². The highest BCUT2D eigenvalue weighted by molar-refractivity contribution is 5.80. The zero-order chi connectivity index (χ0) is 16.7. The van der Waals surface area contributed by atoms with E-state index in [9.17, 15) is 4.79 Å². The predicted octanol–water partition coefficient (Wildman–Crippen LogP) is 3.09. The van der Waals surface area contributed by atoms with Crippen LogP contribution >= 0.6 is 0 Å². The third-order valence-electron chi connectivity index (χ3n) is 4.25. The van der Waals surface area contributed by atoms with Crippen molar-refractivity contribution < 1.29 is 9.53 Å². The van der Waals surface area contributed by atoms with Crippen LogP contribution in [0.25, 0.3) is 0 Å². The molecule has 3 atom stereocenters. The van der Waals surface area contributed by atoms with Crippen molar-refractivity contribution in [3.63, 3.8) is 0 Å². The molecule has 0 bridgehead atoms. The smallest absolute Gasteiger partial charge is 0.227 e. The summed E-state index contributed by atoms with van der Waals surface area (Å²) in [5.74, 6) is 1.04. The molecule has 0 aliphatic carbocycles. The molecule has 3 N–H and O–H groups in total.